The molecule has 2 rings (SSSR count). The minimum absolute atomic E-state index is 0.179. The Morgan fingerprint density at radius 3 is 2.76 bits per heavy atom. The Kier molecular flexibility index (Phi) is 3.97. The highest BCUT2D eigenvalue weighted by Crippen LogP contribution is 2.18. The summed E-state index contributed by atoms with van der Waals surface area (Å²) in [6.07, 6.45) is 2.26. The lowest BCUT2D eigenvalue weighted by Gasteiger charge is -2.14. The van der Waals surface area contributed by atoms with Crippen molar-refractivity contribution in [3.8, 4) is 0 Å². The first-order chi connectivity index (χ1) is 8.15. The van der Waals surface area contributed by atoms with Gasteiger partial charge in [-0.1, -0.05) is 11.6 Å². The molecule has 1 amide bonds. The number of hydrogen-bond donors (Lipinski definition) is 1. The van der Waals surface area contributed by atoms with E-state index in [1.807, 2.05) is 0 Å². The summed E-state index contributed by atoms with van der Waals surface area (Å²) >= 11 is 5.63. The Balaban J connectivity index is 1.93. The summed E-state index contributed by atoms with van der Waals surface area (Å²) in [6, 6.07) is 4.21. The van der Waals surface area contributed by atoms with Gasteiger partial charge in [0.1, 0.15) is 5.82 Å². The molecule has 0 bridgehead atoms. The van der Waals surface area contributed by atoms with Gasteiger partial charge in [-0.25, -0.2) is 4.39 Å². The maximum atomic E-state index is 13.4. The maximum Gasteiger partial charge on any atom is 0.238 e. The summed E-state index contributed by atoms with van der Waals surface area (Å²) in [4.78, 5) is 13.7. The zero-order valence-electron chi connectivity index (χ0n) is 9.38. The summed E-state index contributed by atoms with van der Waals surface area (Å²) in [5, 5.41) is 2.87. The first-order valence-corrected chi connectivity index (χ1v) is 6.00. The van der Waals surface area contributed by atoms with Crippen LogP contribution in [0.25, 0.3) is 0 Å². The number of nitrogens with zero attached hydrogens (tertiary/aromatic N) is 1. The molecule has 1 saturated heterocycles. The molecule has 0 unspecified atom stereocenters. The largest absolute Gasteiger partial charge is 0.322 e. The highest BCUT2D eigenvalue weighted by atomic mass is 35.5. The van der Waals surface area contributed by atoms with Gasteiger partial charge in [-0.05, 0) is 44.1 Å². The average molecular weight is 257 g/mol. The SMILES string of the molecule is O=C(CN1CCCC1)Nc1ccc(Cl)cc1F. The molecule has 0 spiro atoms. The van der Waals surface area contributed by atoms with Crippen molar-refractivity contribution >= 4 is 23.2 Å². The lowest BCUT2D eigenvalue weighted by atomic mass is 10.3. The van der Waals surface area contributed by atoms with Gasteiger partial charge in [0, 0.05) is 5.02 Å². The third-order valence-corrected chi connectivity index (χ3v) is 3.01. The van der Waals surface area contributed by atoms with Gasteiger partial charge in [0.2, 0.25) is 5.91 Å². The molecule has 0 atom stereocenters. The third kappa shape index (κ3) is 3.41. The first kappa shape index (κ1) is 12.3. The number of rotatable bonds is 3. The van der Waals surface area contributed by atoms with Crippen molar-refractivity contribution in [1.82, 2.24) is 4.90 Å². The van der Waals surface area contributed by atoms with E-state index in [1.165, 1.54) is 12.1 Å². The van der Waals surface area contributed by atoms with E-state index in [2.05, 4.69) is 10.2 Å². The van der Waals surface area contributed by atoms with Crippen molar-refractivity contribution in [2.24, 2.45) is 0 Å². The van der Waals surface area contributed by atoms with Gasteiger partial charge in [0.05, 0.1) is 12.2 Å². The Hall–Kier alpha value is -1.13. The molecule has 1 fully saturated rings. The van der Waals surface area contributed by atoms with E-state index in [-0.39, 0.29) is 11.6 Å². The van der Waals surface area contributed by atoms with Gasteiger partial charge >= 0.3 is 0 Å². The summed E-state index contributed by atoms with van der Waals surface area (Å²) in [5.41, 5.74) is 0.179. The van der Waals surface area contributed by atoms with E-state index in [0.29, 0.717) is 11.6 Å². The van der Waals surface area contributed by atoms with Crippen molar-refractivity contribution in [2.45, 2.75) is 12.8 Å². The number of anilines is 1. The van der Waals surface area contributed by atoms with E-state index in [1.54, 1.807) is 6.07 Å². The molecule has 1 aliphatic rings. The minimum atomic E-state index is -0.507. The van der Waals surface area contributed by atoms with E-state index in [9.17, 15) is 9.18 Å². The number of likely N-dealkylation sites (tertiary alicyclic amines) is 1. The lowest BCUT2D eigenvalue weighted by Crippen LogP contribution is -2.31. The number of hydrogen-bond acceptors (Lipinski definition) is 2. The van der Waals surface area contributed by atoms with Gasteiger partial charge < -0.3 is 5.32 Å². The fourth-order valence-electron chi connectivity index (χ4n) is 1.92. The minimum Gasteiger partial charge on any atom is -0.322 e. The molecule has 0 aliphatic carbocycles. The highest BCUT2D eigenvalue weighted by Gasteiger charge is 2.15. The van der Waals surface area contributed by atoms with Gasteiger partial charge in [-0.3, -0.25) is 9.69 Å². The smallest absolute Gasteiger partial charge is 0.238 e. The number of nitrogens with one attached hydrogen (secondary N) is 1. The van der Waals surface area contributed by atoms with Crippen LogP contribution in [0.2, 0.25) is 5.02 Å². The van der Waals surface area contributed by atoms with Crippen LogP contribution >= 0.6 is 11.6 Å². The number of benzene rings is 1. The van der Waals surface area contributed by atoms with E-state index >= 15 is 0 Å². The fraction of sp³-hybridized carbons (Fsp3) is 0.417. The van der Waals surface area contributed by atoms with Crippen LogP contribution in [0, 0.1) is 5.82 Å². The van der Waals surface area contributed by atoms with Gasteiger partial charge in [-0.2, -0.15) is 0 Å². The molecule has 3 nitrogen and oxygen atoms in total. The second kappa shape index (κ2) is 5.47. The summed E-state index contributed by atoms with van der Waals surface area (Å²) < 4.78 is 13.4. The number of carbonyl (C=O) groups excluding carboxylic acids is 1. The van der Waals surface area contributed by atoms with E-state index < -0.39 is 5.82 Å². The molecular weight excluding hydrogens is 243 g/mol. The van der Waals surface area contributed by atoms with Crippen molar-refractivity contribution in [1.29, 1.82) is 0 Å². The second-order valence-corrected chi connectivity index (χ2v) is 4.59. The van der Waals surface area contributed by atoms with Crippen LogP contribution in [-0.2, 0) is 4.79 Å². The van der Waals surface area contributed by atoms with Crippen LogP contribution in [-0.4, -0.2) is 30.4 Å². The predicted octanol–water partition coefficient (Wildman–Crippen LogP) is 2.51. The normalized spacial score (nSPS) is 16.1. The molecule has 1 aliphatic heterocycles. The van der Waals surface area contributed by atoms with Crippen LogP contribution in [0.1, 0.15) is 12.8 Å². The lowest BCUT2D eigenvalue weighted by molar-refractivity contribution is -0.117. The van der Waals surface area contributed by atoms with Crippen LogP contribution in [0.15, 0.2) is 18.2 Å². The van der Waals surface area contributed by atoms with Gasteiger partial charge in [0.25, 0.3) is 0 Å². The third-order valence-electron chi connectivity index (χ3n) is 2.77. The van der Waals surface area contributed by atoms with Crippen LogP contribution < -0.4 is 5.32 Å². The topological polar surface area (TPSA) is 32.3 Å². The average Bonchev–Trinajstić information content (AvgIpc) is 2.75. The summed E-state index contributed by atoms with van der Waals surface area (Å²) in [7, 11) is 0. The fourth-order valence-corrected chi connectivity index (χ4v) is 2.08. The Labute approximate surface area is 105 Å². The Bertz CT molecular complexity index is 419. The molecule has 92 valence electrons. The molecule has 1 heterocycles. The van der Waals surface area contributed by atoms with E-state index in [0.717, 1.165) is 25.9 Å². The molecule has 5 heteroatoms. The van der Waals surface area contributed by atoms with Crippen LogP contribution in [0.4, 0.5) is 10.1 Å². The van der Waals surface area contributed by atoms with E-state index in [4.69, 9.17) is 11.6 Å². The summed E-state index contributed by atoms with van der Waals surface area (Å²) in [6.45, 7) is 2.20. The predicted molar refractivity (Wildman–Crippen MR) is 65.7 cm³/mol. The number of halogens is 2. The van der Waals surface area contributed by atoms with Crippen LogP contribution in [0.3, 0.4) is 0 Å². The van der Waals surface area contributed by atoms with Gasteiger partial charge in [0.15, 0.2) is 0 Å². The Morgan fingerprint density at radius 2 is 2.12 bits per heavy atom. The van der Waals surface area contributed by atoms with Crippen molar-refractivity contribution in [3.05, 3.63) is 29.0 Å². The van der Waals surface area contributed by atoms with Gasteiger partial charge in [-0.15, -0.1) is 0 Å². The molecule has 0 saturated carbocycles. The zero-order valence-corrected chi connectivity index (χ0v) is 10.1. The van der Waals surface area contributed by atoms with Crippen molar-refractivity contribution < 1.29 is 9.18 Å². The highest BCUT2D eigenvalue weighted by molar-refractivity contribution is 6.30. The Morgan fingerprint density at radius 1 is 1.41 bits per heavy atom. The molecular formula is C12H14ClFN2O. The summed E-state index contributed by atoms with van der Waals surface area (Å²) in [5.74, 6) is -0.694. The van der Waals surface area contributed by atoms with Crippen LogP contribution in [0.5, 0.6) is 0 Å². The zero-order chi connectivity index (χ0) is 12.3. The molecule has 1 N–H and O–H groups in total. The second-order valence-electron chi connectivity index (χ2n) is 4.16. The maximum absolute atomic E-state index is 13.4. The first-order valence-electron chi connectivity index (χ1n) is 5.62. The molecule has 0 aromatic heterocycles. The molecule has 1 aromatic carbocycles. The number of carbonyl (C=O) groups is 1. The van der Waals surface area contributed by atoms with Crippen molar-refractivity contribution in [3.63, 3.8) is 0 Å². The standard InChI is InChI=1S/C12H14ClFN2O/c13-9-3-4-11(10(14)7-9)15-12(17)8-16-5-1-2-6-16/h3-4,7H,1-2,5-6,8H2,(H,15,17). The monoisotopic (exact) mass is 256 g/mol. The quantitative estimate of drug-likeness (QED) is 0.901. The molecule has 0 radical (unpaired) electrons. The van der Waals surface area contributed by atoms with Crippen molar-refractivity contribution in [2.75, 3.05) is 25.0 Å². The number of amides is 1. The molecule has 1 aromatic rings. The molecule has 17 heavy (non-hydrogen) atoms.